The number of sulfonamides is 1. The minimum atomic E-state index is -3.10. The van der Waals surface area contributed by atoms with Crippen molar-refractivity contribution in [2.75, 3.05) is 18.8 Å². The van der Waals surface area contributed by atoms with E-state index in [2.05, 4.69) is 10.2 Å². The van der Waals surface area contributed by atoms with Crippen LogP contribution in [0, 0.1) is 0 Å². The van der Waals surface area contributed by atoms with Gasteiger partial charge in [0.05, 0.1) is 17.6 Å². The number of nitrogens with zero attached hydrogens (tertiary/aromatic N) is 3. The zero-order valence-corrected chi connectivity index (χ0v) is 12.5. The van der Waals surface area contributed by atoms with Gasteiger partial charge in [-0.25, -0.2) is 12.7 Å². The summed E-state index contributed by atoms with van der Waals surface area (Å²) in [4.78, 5) is 0. The van der Waals surface area contributed by atoms with E-state index in [1.165, 1.54) is 4.31 Å². The molecule has 2 aromatic rings. The summed E-state index contributed by atoms with van der Waals surface area (Å²) in [5.41, 5.74) is 0.750. The van der Waals surface area contributed by atoms with Crippen LogP contribution in [0.2, 0.25) is 0 Å². The molecule has 1 saturated heterocycles. The molecule has 1 fully saturated rings. The van der Waals surface area contributed by atoms with Crippen molar-refractivity contribution >= 4 is 10.0 Å². The predicted molar refractivity (Wildman–Crippen MR) is 75.0 cm³/mol. The molecule has 1 aliphatic heterocycles. The molecule has 0 unspecified atom stereocenters. The predicted octanol–water partition coefficient (Wildman–Crippen LogP) is 1.86. The van der Waals surface area contributed by atoms with Gasteiger partial charge < -0.3 is 8.83 Å². The number of furan rings is 1. The molecule has 2 aromatic heterocycles. The average Bonchev–Trinajstić information content (AvgIpc) is 3.18. The quantitative estimate of drug-likeness (QED) is 0.856. The maximum atomic E-state index is 11.8. The van der Waals surface area contributed by atoms with Gasteiger partial charge >= 0.3 is 0 Å². The molecule has 8 heteroatoms. The first-order valence-electron chi connectivity index (χ1n) is 6.94. The molecular weight excluding hydrogens is 294 g/mol. The Labute approximate surface area is 123 Å². The molecule has 3 rings (SSSR count). The van der Waals surface area contributed by atoms with Gasteiger partial charge in [-0.1, -0.05) is 0 Å². The van der Waals surface area contributed by atoms with Crippen molar-refractivity contribution in [1.82, 2.24) is 14.5 Å². The molecule has 114 valence electrons. The van der Waals surface area contributed by atoms with Crippen molar-refractivity contribution in [2.45, 2.75) is 25.7 Å². The van der Waals surface area contributed by atoms with Gasteiger partial charge in [0.2, 0.25) is 15.9 Å². The Morgan fingerprint density at radius 2 is 2.10 bits per heavy atom. The van der Waals surface area contributed by atoms with Gasteiger partial charge in [-0.2, -0.15) is 0 Å². The van der Waals surface area contributed by atoms with Crippen LogP contribution < -0.4 is 0 Å². The van der Waals surface area contributed by atoms with Gasteiger partial charge in [0, 0.05) is 19.0 Å². The molecule has 0 radical (unpaired) electrons. The molecule has 0 amide bonds. The molecule has 21 heavy (non-hydrogen) atoms. The standard InChI is InChI=1S/C13H17N3O4S/c1-2-21(17,18)16-6-3-10(4-7-16)12-14-15-13(20-12)11-5-8-19-9-11/h5,8-10H,2-4,6-7H2,1H3. The number of aromatic nitrogens is 2. The van der Waals surface area contributed by atoms with Gasteiger partial charge in [-0.05, 0) is 25.8 Å². The maximum absolute atomic E-state index is 11.8. The van der Waals surface area contributed by atoms with Crippen LogP contribution in [0.5, 0.6) is 0 Å². The van der Waals surface area contributed by atoms with Crippen molar-refractivity contribution < 1.29 is 17.3 Å². The molecule has 0 aromatic carbocycles. The number of hydrogen-bond acceptors (Lipinski definition) is 6. The second kappa shape index (κ2) is 5.61. The highest BCUT2D eigenvalue weighted by molar-refractivity contribution is 7.89. The molecule has 1 aliphatic rings. The van der Waals surface area contributed by atoms with E-state index in [1.54, 1.807) is 25.5 Å². The van der Waals surface area contributed by atoms with Crippen LogP contribution >= 0.6 is 0 Å². The topological polar surface area (TPSA) is 89.4 Å². The largest absolute Gasteiger partial charge is 0.472 e. The van der Waals surface area contributed by atoms with Gasteiger partial charge in [0.1, 0.15) is 6.26 Å². The van der Waals surface area contributed by atoms with Crippen LogP contribution in [0.1, 0.15) is 31.6 Å². The second-order valence-electron chi connectivity index (χ2n) is 5.03. The summed E-state index contributed by atoms with van der Waals surface area (Å²) in [6.07, 6.45) is 4.50. The van der Waals surface area contributed by atoms with E-state index in [4.69, 9.17) is 8.83 Å². The third-order valence-corrected chi connectivity index (χ3v) is 5.65. The highest BCUT2D eigenvalue weighted by Crippen LogP contribution is 2.30. The Bertz CT molecular complexity index is 685. The minimum absolute atomic E-state index is 0.112. The zero-order valence-electron chi connectivity index (χ0n) is 11.7. The molecule has 0 aliphatic carbocycles. The summed E-state index contributed by atoms with van der Waals surface area (Å²) in [6, 6.07) is 1.76. The summed E-state index contributed by atoms with van der Waals surface area (Å²) in [7, 11) is -3.10. The van der Waals surface area contributed by atoms with Crippen LogP contribution in [0.15, 0.2) is 27.4 Å². The van der Waals surface area contributed by atoms with Crippen molar-refractivity contribution in [1.29, 1.82) is 0 Å². The molecule has 0 bridgehead atoms. The first-order chi connectivity index (χ1) is 10.1. The fourth-order valence-corrected chi connectivity index (χ4v) is 3.60. The summed E-state index contributed by atoms with van der Waals surface area (Å²) >= 11 is 0. The third kappa shape index (κ3) is 2.86. The molecule has 0 N–H and O–H groups in total. The molecule has 3 heterocycles. The van der Waals surface area contributed by atoms with Crippen LogP contribution in [0.3, 0.4) is 0 Å². The minimum Gasteiger partial charge on any atom is -0.472 e. The Hall–Kier alpha value is -1.67. The van der Waals surface area contributed by atoms with Crippen molar-refractivity contribution in [3.05, 3.63) is 24.5 Å². The lowest BCUT2D eigenvalue weighted by atomic mass is 9.98. The van der Waals surface area contributed by atoms with Gasteiger partial charge in [0.25, 0.3) is 5.89 Å². The van der Waals surface area contributed by atoms with E-state index in [9.17, 15) is 8.42 Å². The molecule has 0 atom stereocenters. The number of piperidine rings is 1. The lowest BCUT2D eigenvalue weighted by Crippen LogP contribution is -2.38. The monoisotopic (exact) mass is 311 g/mol. The first kappa shape index (κ1) is 14.3. The highest BCUT2D eigenvalue weighted by atomic mass is 32.2. The van der Waals surface area contributed by atoms with Crippen LogP contribution in [0.25, 0.3) is 11.5 Å². The van der Waals surface area contributed by atoms with Crippen molar-refractivity contribution in [3.63, 3.8) is 0 Å². The fraction of sp³-hybridized carbons (Fsp3) is 0.538. The average molecular weight is 311 g/mol. The van der Waals surface area contributed by atoms with Crippen molar-refractivity contribution in [3.8, 4) is 11.5 Å². The smallest absolute Gasteiger partial charge is 0.250 e. The van der Waals surface area contributed by atoms with E-state index in [1.807, 2.05) is 0 Å². The van der Waals surface area contributed by atoms with Gasteiger partial charge in [-0.3, -0.25) is 0 Å². The number of rotatable bonds is 4. The van der Waals surface area contributed by atoms with E-state index in [0.717, 1.165) is 5.56 Å². The number of hydrogen-bond donors (Lipinski definition) is 0. The Kier molecular flexibility index (Phi) is 3.81. The van der Waals surface area contributed by atoms with Crippen LogP contribution in [-0.4, -0.2) is 41.8 Å². The summed E-state index contributed by atoms with van der Waals surface area (Å²) < 4.78 is 35.8. The zero-order chi connectivity index (χ0) is 14.9. The van der Waals surface area contributed by atoms with E-state index in [0.29, 0.717) is 37.7 Å². The van der Waals surface area contributed by atoms with E-state index < -0.39 is 10.0 Å². The Morgan fingerprint density at radius 1 is 1.33 bits per heavy atom. The van der Waals surface area contributed by atoms with Crippen molar-refractivity contribution in [2.24, 2.45) is 0 Å². The lowest BCUT2D eigenvalue weighted by molar-refractivity contribution is 0.291. The first-order valence-corrected chi connectivity index (χ1v) is 8.55. The summed E-state index contributed by atoms with van der Waals surface area (Å²) in [5, 5.41) is 8.09. The summed E-state index contributed by atoms with van der Waals surface area (Å²) in [6.45, 7) is 2.67. The van der Waals surface area contributed by atoms with E-state index in [-0.39, 0.29) is 11.7 Å². The van der Waals surface area contributed by atoms with Crippen LogP contribution in [0.4, 0.5) is 0 Å². The van der Waals surface area contributed by atoms with Crippen LogP contribution in [-0.2, 0) is 10.0 Å². The molecular formula is C13H17N3O4S. The molecule has 7 nitrogen and oxygen atoms in total. The highest BCUT2D eigenvalue weighted by Gasteiger charge is 2.30. The molecule has 0 spiro atoms. The SMILES string of the molecule is CCS(=O)(=O)N1CCC(c2nnc(-c3ccoc3)o2)CC1. The molecule has 0 saturated carbocycles. The fourth-order valence-electron chi connectivity index (χ4n) is 2.47. The van der Waals surface area contributed by atoms with E-state index >= 15 is 0 Å². The lowest BCUT2D eigenvalue weighted by Gasteiger charge is -2.29. The Balaban J connectivity index is 1.68. The Morgan fingerprint density at radius 3 is 2.71 bits per heavy atom. The van der Waals surface area contributed by atoms with Gasteiger partial charge in [-0.15, -0.1) is 10.2 Å². The normalized spacial score (nSPS) is 18.1. The second-order valence-corrected chi connectivity index (χ2v) is 7.29. The third-order valence-electron chi connectivity index (χ3n) is 3.77. The maximum Gasteiger partial charge on any atom is 0.250 e. The van der Waals surface area contributed by atoms with Gasteiger partial charge in [0.15, 0.2) is 0 Å². The summed E-state index contributed by atoms with van der Waals surface area (Å²) in [5.74, 6) is 1.26.